The van der Waals surface area contributed by atoms with Crippen LogP contribution in [0.5, 0.6) is 11.5 Å². The average molecular weight is 619 g/mol. The molecule has 7 N–H and O–H groups in total. The van der Waals surface area contributed by atoms with Crippen LogP contribution >= 0.6 is 0 Å². The molecule has 0 unspecified atom stereocenters. The van der Waals surface area contributed by atoms with Crippen LogP contribution in [0, 0.1) is 23.7 Å². The van der Waals surface area contributed by atoms with Gasteiger partial charge < -0.3 is 41.0 Å². The topological polar surface area (TPSA) is 163 Å². The number of nitrogens with zero attached hydrogens (tertiary/aromatic N) is 2. The number of nitrogens with two attached hydrogens (primary N) is 1. The van der Waals surface area contributed by atoms with Crippen LogP contribution in [-0.4, -0.2) is 61.5 Å². The fraction of sp³-hybridized carbons (Fsp3) is 0.528. The van der Waals surface area contributed by atoms with Crippen molar-refractivity contribution in [3.05, 3.63) is 71.7 Å². The number of aromatic hydroxyl groups is 1. The molecule has 4 rings (SSSR count). The van der Waals surface area contributed by atoms with Crippen molar-refractivity contribution in [2.45, 2.75) is 101 Å². The van der Waals surface area contributed by atoms with Gasteiger partial charge in [0, 0.05) is 24.5 Å². The number of aliphatic hydroxyl groups excluding tert-OH is 4. The number of aryl methyl sites for hydroxylation is 1. The maximum absolute atomic E-state index is 11.1. The molecule has 0 bridgehead atoms. The largest absolute Gasteiger partial charge is 0.668 e. The van der Waals surface area contributed by atoms with Crippen LogP contribution in [0.4, 0.5) is 5.82 Å². The Balaban J connectivity index is 1.47. The minimum Gasteiger partial charge on any atom is -0.668 e. The molecule has 0 aliphatic heterocycles. The number of rotatable bonds is 14. The van der Waals surface area contributed by atoms with Crippen LogP contribution in [0.1, 0.15) is 81.0 Å². The molecular weight excluding hydrogens is 570 g/mol. The molecule has 1 aromatic carbocycles. The summed E-state index contributed by atoms with van der Waals surface area (Å²) >= 11 is 0. The van der Waals surface area contributed by atoms with Gasteiger partial charge in [-0.2, -0.15) is 11.9 Å². The van der Waals surface area contributed by atoms with E-state index in [0.29, 0.717) is 50.3 Å². The van der Waals surface area contributed by atoms with Gasteiger partial charge in [-0.1, -0.05) is 43.9 Å². The van der Waals surface area contributed by atoms with Gasteiger partial charge in [-0.15, -0.1) is 5.92 Å². The smallest absolute Gasteiger partial charge is 0.161 e. The molecule has 0 saturated heterocycles. The number of phenolic OH excluding ortho intramolecular Hbond substituents is 1. The monoisotopic (exact) mass is 618 g/mol. The Bertz CT molecular complexity index is 1370. The fourth-order valence-electron chi connectivity index (χ4n) is 6.13. The predicted octanol–water partition coefficient (Wildman–Crippen LogP) is 4.11. The van der Waals surface area contributed by atoms with Crippen LogP contribution in [0.3, 0.4) is 0 Å². The minimum atomic E-state index is -1.22. The third-order valence-electron chi connectivity index (χ3n) is 8.94. The van der Waals surface area contributed by atoms with Gasteiger partial charge in [-0.3, -0.25) is 0 Å². The number of pyridine rings is 1. The maximum Gasteiger partial charge on any atom is 0.161 e. The van der Waals surface area contributed by atoms with E-state index in [1.165, 1.54) is 6.07 Å². The maximum atomic E-state index is 11.1. The van der Waals surface area contributed by atoms with Crippen LogP contribution in [-0.2, 0) is 12.8 Å². The molecule has 2 aromatic heterocycles. The highest BCUT2D eigenvalue weighted by Crippen LogP contribution is 2.34. The van der Waals surface area contributed by atoms with Crippen LogP contribution in [0.2, 0.25) is 0 Å². The highest BCUT2D eigenvalue weighted by Gasteiger charge is 2.28. The van der Waals surface area contributed by atoms with Crippen molar-refractivity contribution in [3.8, 4) is 23.3 Å². The first-order valence-corrected chi connectivity index (χ1v) is 16.2. The molecule has 0 amide bonds. The zero-order chi connectivity index (χ0) is 32.2. The van der Waals surface area contributed by atoms with E-state index in [1.54, 1.807) is 30.6 Å². The Kier molecular flexibility index (Phi) is 13.1. The SMILES string of the molecule is CC[C@H]1C#CC[C@H]([C@H](O)CCc2ccc(O)c(O[C@H](C[C@H](Cc3ccc[n-]3)c3ccnc(N)c3)[C@H](O)CO)c2)[C@@H](O)CCCC1. The normalized spacial score (nSPS) is 21.6. The molecule has 9 nitrogen and oxygen atoms in total. The van der Waals surface area contributed by atoms with Gasteiger partial charge in [0.2, 0.25) is 0 Å². The number of nitrogen functional groups attached to an aromatic ring is 1. The van der Waals surface area contributed by atoms with E-state index in [2.05, 4.69) is 28.7 Å². The molecule has 0 fully saturated rings. The van der Waals surface area contributed by atoms with Crippen molar-refractivity contribution in [2.75, 3.05) is 12.3 Å². The molecule has 45 heavy (non-hydrogen) atoms. The molecule has 7 atom stereocenters. The lowest BCUT2D eigenvalue weighted by atomic mass is 9.85. The van der Waals surface area contributed by atoms with Crippen molar-refractivity contribution in [1.82, 2.24) is 9.97 Å². The summed E-state index contributed by atoms with van der Waals surface area (Å²) in [5.41, 5.74) is 8.56. The molecular formula is C36H48N3O6-. The van der Waals surface area contributed by atoms with Crippen molar-refractivity contribution in [2.24, 2.45) is 11.8 Å². The van der Waals surface area contributed by atoms with Crippen molar-refractivity contribution in [3.63, 3.8) is 0 Å². The molecule has 0 radical (unpaired) electrons. The fourth-order valence-corrected chi connectivity index (χ4v) is 6.13. The number of ether oxygens (including phenoxy) is 1. The second-order valence-electron chi connectivity index (χ2n) is 12.2. The molecule has 0 spiro atoms. The van der Waals surface area contributed by atoms with Crippen molar-refractivity contribution >= 4 is 5.82 Å². The number of aliphatic hydroxyl groups is 4. The first-order valence-electron chi connectivity index (χ1n) is 16.2. The Hall–Kier alpha value is -3.55. The quantitative estimate of drug-likeness (QED) is 0.146. The lowest BCUT2D eigenvalue weighted by Crippen LogP contribution is -2.36. The summed E-state index contributed by atoms with van der Waals surface area (Å²) in [5, 5.41) is 53.4. The lowest BCUT2D eigenvalue weighted by Gasteiger charge is -2.29. The summed E-state index contributed by atoms with van der Waals surface area (Å²) in [7, 11) is 0. The number of hydrogen-bond donors (Lipinski definition) is 6. The second-order valence-corrected chi connectivity index (χ2v) is 12.2. The van der Waals surface area contributed by atoms with Crippen molar-refractivity contribution in [1.29, 1.82) is 0 Å². The third-order valence-corrected chi connectivity index (χ3v) is 8.94. The third kappa shape index (κ3) is 10.2. The van der Waals surface area contributed by atoms with Gasteiger partial charge in [-0.05, 0) is 86.3 Å². The van der Waals surface area contributed by atoms with E-state index < -0.39 is 31.0 Å². The number of hydrogen-bond acceptors (Lipinski definition) is 8. The lowest BCUT2D eigenvalue weighted by molar-refractivity contribution is -0.00843. The van der Waals surface area contributed by atoms with Gasteiger partial charge in [-0.25, -0.2) is 4.98 Å². The highest BCUT2D eigenvalue weighted by atomic mass is 16.5. The van der Waals surface area contributed by atoms with Gasteiger partial charge in [0.25, 0.3) is 0 Å². The number of aromatic nitrogens is 2. The molecule has 1 aliphatic rings. The Morgan fingerprint density at radius 2 is 1.96 bits per heavy atom. The Labute approximate surface area is 266 Å². The van der Waals surface area contributed by atoms with E-state index in [-0.39, 0.29) is 23.3 Å². The number of benzene rings is 1. The Morgan fingerprint density at radius 3 is 2.69 bits per heavy atom. The molecule has 9 heteroatoms. The molecule has 244 valence electrons. The van der Waals surface area contributed by atoms with E-state index in [4.69, 9.17) is 10.5 Å². The van der Waals surface area contributed by atoms with Gasteiger partial charge in [0.05, 0.1) is 18.8 Å². The zero-order valence-electron chi connectivity index (χ0n) is 26.1. The van der Waals surface area contributed by atoms with Gasteiger partial charge in [0.1, 0.15) is 18.0 Å². The van der Waals surface area contributed by atoms with E-state index in [0.717, 1.165) is 42.5 Å². The average Bonchev–Trinajstić information content (AvgIpc) is 3.56. The second kappa shape index (κ2) is 17.2. The minimum absolute atomic E-state index is 0.0969. The van der Waals surface area contributed by atoms with Crippen LogP contribution < -0.4 is 15.5 Å². The van der Waals surface area contributed by atoms with Crippen LogP contribution in [0.25, 0.3) is 0 Å². The highest BCUT2D eigenvalue weighted by molar-refractivity contribution is 5.42. The summed E-state index contributed by atoms with van der Waals surface area (Å²) in [6.45, 7) is 1.62. The predicted molar refractivity (Wildman–Crippen MR) is 174 cm³/mol. The standard InChI is InChI=1S/C36H48N3O6/c1-2-24-7-3-4-11-30(41)29(10-5-8-24)31(42)14-12-25-13-15-32(43)34(19-25)45-35(33(44)23-40)21-27(20-28-9-6-17-38-28)26-16-18-39-36(37)22-26/h6,9,13,15-19,22,24,27,29-31,33,35,40-44H,2-4,7,10-12,14,20-21,23H2,1H3,(H2,37,39)/q-1/t24-,27+,29+,30+,31-,33-,35-/m1/s1. The molecule has 1 aliphatic carbocycles. The molecule has 0 saturated carbocycles. The molecule has 3 aromatic rings. The summed E-state index contributed by atoms with van der Waals surface area (Å²) in [6, 6.07) is 12.4. The summed E-state index contributed by atoms with van der Waals surface area (Å²) < 4.78 is 6.21. The van der Waals surface area contributed by atoms with Crippen LogP contribution in [0.15, 0.2) is 54.9 Å². The number of anilines is 1. The first-order chi connectivity index (χ1) is 21.8. The van der Waals surface area contributed by atoms with Gasteiger partial charge in [0.15, 0.2) is 11.5 Å². The van der Waals surface area contributed by atoms with Crippen molar-refractivity contribution < 1.29 is 30.3 Å². The van der Waals surface area contributed by atoms with E-state index in [1.807, 2.05) is 18.2 Å². The Morgan fingerprint density at radius 1 is 1.13 bits per heavy atom. The summed E-state index contributed by atoms with van der Waals surface area (Å²) in [5.74, 6) is 6.88. The number of phenols is 1. The van der Waals surface area contributed by atoms with E-state index in [9.17, 15) is 25.5 Å². The zero-order valence-corrected chi connectivity index (χ0v) is 26.1. The van der Waals surface area contributed by atoms with Gasteiger partial charge >= 0.3 is 0 Å². The van der Waals surface area contributed by atoms with E-state index >= 15 is 0 Å². The molecule has 2 heterocycles. The first kappa shape index (κ1) is 34.3. The summed E-state index contributed by atoms with van der Waals surface area (Å²) in [6.07, 6.45) is 6.78. The summed E-state index contributed by atoms with van der Waals surface area (Å²) in [4.78, 5) is 8.50.